The number of halogens is 2. The van der Waals surface area contributed by atoms with E-state index in [1.54, 1.807) is 24.4 Å². The number of rotatable bonds is 6. The number of anilines is 2. The first-order valence-corrected chi connectivity index (χ1v) is 13.5. The molecule has 0 aliphatic heterocycles. The van der Waals surface area contributed by atoms with Gasteiger partial charge in [-0.25, -0.2) is 22.8 Å². The van der Waals surface area contributed by atoms with Crippen molar-refractivity contribution in [2.75, 3.05) is 10.0 Å². The Kier molecular flexibility index (Phi) is 6.79. The van der Waals surface area contributed by atoms with Crippen LogP contribution in [0.1, 0.15) is 25.7 Å². The molecule has 4 N–H and O–H groups in total. The van der Waals surface area contributed by atoms with E-state index in [2.05, 4.69) is 20.0 Å². The van der Waals surface area contributed by atoms with Crippen LogP contribution in [0.25, 0.3) is 22.0 Å². The van der Waals surface area contributed by atoms with E-state index in [1.807, 2.05) is 18.2 Å². The van der Waals surface area contributed by atoms with Gasteiger partial charge in [0.05, 0.1) is 16.2 Å². The smallest absolute Gasteiger partial charge is 0.263 e. The first kappa shape index (κ1) is 24.4. The van der Waals surface area contributed by atoms with Crippen LogP contribution < -0.4 is 15.8 Å². The molecule has 0 bridgehead atoms. The summed E-state index contributed by atoms with van der Waals surface area (Å²) in [5.41, 5.74) is 7.94. The number of aromatic nitrogens is 2. The van der Waals surface area contributed by atoms with Crippen molar-refractivity contribution in [3.8, 4) is 11.1 Å². The molecule has 36 heavy (non-hydrogen) atoms. The summed E-state index contributed by atoms with van der Waals surface area (Å²) in [6.07, 6.45) is 5.72. The minimum atomic E-state index is -4.04. The SMILES string of the molecule is N[C@H]1CC[C@H](Nc2ncc3cc(-c4ccc(NS(=O)(=O)c5ccccc5Cl)c(F)c4)ccc3n2)CC1. The maximum absolute atomic E-state index is 14.9. The van der Waals surface area contributed by atoms with Gasteiger partial charge in [0.15, 0.2) is 0 Å². The zero-order valence-corrected chi connectivity index (χ0v) is 20.9. The van der Waals surface area contributed by atoms with Gasteiger partial charge in [0.2, 0.25) is 5.95 Å². The molecule has 10 heteroatoms. The van der Waals surface area contributed by atoms with Crippen LogP contribution in [0, 0.1) is 5.82 Å². The first-order chi connectivity index (χ1) is 17.3. The van der Waals surface area contributed by atoms with Gasteiger partial charge in [0, 0.05) is 23.7 Å². The summed E-state index contributed by atoms with van der Waals surface area (Å²) < 4.78 is 42.5. The molecule has 0 atom stereocenters. The van der Waals surface area contributed by atoms with E-state index in [9.17, 15) is 12.8 Å². The van der Waals surface area contributed by atoms with E-state index in [-0.39, 0.29) is 21.6 Å². The minimum Gasteiger partial charge on any atom is -0.351 e. The molecule has 0 saturated heterocycles. The number of fused-ring (bicyclic) bond motifs is 1. The van der Waals surface area contributed by atoms with Crippen LogP contribution in [-0.2, 0) is 10.0 Å². The molecule has 7 nitrogen and oxygen atoms in total. The molecule has 1 saturated carbocycles. The topological polar surface area (TPSA) is 110 Å². The van der Waals surface area contributed by atoms with E-state index >= 15 is 0 Å². The summed E-state index contributed by atoms with van der Waals surface area (Å²) in [7, 11) is -4.04. The van der Waals surface area contributed by atoms with Crippen LogP contribution in [0.3, 0.4) is 0 Å². The van der Waals surface area contributed by atoms with Gasteiger partial charge in [-0.3, -0.25) is 4.72 Å². The molecule has 4 aromatic rings. The average molecular weight is 526 g/mol. The highest BCUT2D eigenvalue weighted by atomic mass is 35.5. The highest BCUT2D eigenvalue weighted by molar-refractivity contribution is 7.92. The third-order valence-corrected chi connectivity index (χ3v) is 8.22. The van der Waals surface area contributed by atoms with E-state index in [0.717, 1.165) is 42.1 Å². The third kappa shape index (κ3) is 5.28. The van der Waals surface area contributed by atoms with Crippen molar-refractivity contribution in [3.63, 3.8) is 0 Å². The number of hydrogen-bond acceptors (Lipinski definition) is 6. The normalized spacial score (nSPS) is 18.2. The first-order valence-electron chi connectivity index (χ1n) is 11.6. The van der Waals surface area contributed by atoms with Crippen molar-refractivity contribution in [3.05, 3.63) is 77.7 Å². The summed E-state index contributed by atoms with van der Waals surface area (Å²) in [6, 6.07) is 16.5. The highest BCUT2D eigenvalue weighted by Crippen LogP contribution is 2.30. The molecular formula is C26H25ClFN5O2S. The molecular weight excluding hydrogens is 501 g/mol. The number of sulfonamides is 1. The molecule has 3 aromatic carbocycles. The van der Waals surface area contributed by atoms with Gasteiger partial charge in [-0.2, -0.15) is 0 Å². The Morgan fingerprint density at radius 1 is 0.972 bits per heavy atom. The molecule has 1 aromatic heterocycles. The fourth-order valence-corrected chi connectivity index (χ4v) is 5.96. The van der Waals surface area contributed by atoms with Crippen molar-refractivity contribution in [1.82, 2.24) is 9.97 Å². The average Bonchev–Trinajstić information content (AvgIpc) is 2.86. The van der Waals surface area contributed by atoms with Gasteiger partial charge in [-0.15, -0.1) is 0 Å². The van der Waals surface area contributed by atoms with Crippen LogP contribution >= 0.6 is 11.6 Å². The molecule has 0 spiro atoms. The van der Waals surface area contributed by atoms with Crippen molar-refractivity contribution in [2.45, 2.75) is 42.7 Å². The maximum Gasteiger partial charge on any atom is 0.263 e. The summed E-state index contributed by atoms with van der Waals surface area (Å²) in [5, 5.41) is 4.27. The highest BCUT2D eigenvalue weighted by Gasteiger charge is 2.20. The lowest BCUT2D eigenvalue weighted by Gasteiger charge is -2.26. The molecule has 0 amide bonds. The molecule has 0 unspecified atom stereocenters. The van der Waals surface area contributed by atoms with Crippen LogP contribution in [0.15, 0.2) is 71.8 Å². The fourth-order valence-electron chi connectivity index (χ4n) is 4.37. The summed E-state index contributed by atoms with van der Waals surface area (Å²) >= 11 is 6.00. The molecule has 0 radical (unpaired) electrons. The van der Waals surface area contributed by atoms with Crippen molar-refractivity contribution < 1.29 is 12.8 Å². The molecule has 186 valence electrons. The zero-order valence-electron chi connectivity index (χ0n) is 19.3. The Morgan fingerprint density at radius 3 is 2.44 bits per heavy atom. The van der Waals surface area contributed by atoms with E-state index < -0.39 is 15.8 Å². The van der Waals surface area contributed by atoms with Crippen molar-refractivity contribution in [1.29, 1.82) is 0 Å². The molecule has 1 heterocycles. The van der Waals surface area contributed by atoms with Gasteiger partial charge in [-0.05, 0) is 73.2 Å². The molecule has 5 rings (SSSR count). The predicted octanol–water partition coefficient (Wildman–Crippen LogP) is 5.57. The van der Waals surface area contributed by atoms with Gasteiger partial charge < -0.3 is 11.1 Å². The van der Waals surface area contributed by atoms with Crippen molar-refractivity contribution in [2.24, 2.45) is 5.73 Å². The largest absolute Gasteiger partial charge is 0.351 e. The Balaban J connectivity index is 1.34. The van der Waals surface area contributed by atoms with Crippen LogP contribution in [-0.4, -0.2) is 30.5 Å². The summed E-state index contributed by atoms with van der Waals surface area (Å²) in [6.45, 7) is 0. The number of hydrogen-bond donors (Lipinski definition) is 3. The lowest BCUT2D eigenvalue weighted by molar-refractivity contribution is 0.410. The van der Waals surface area contributed by atoms with Crippen LogP contribution in [0.2, 0.25) is 5.02 Å². The summed E-state index contributed by atoms with van der Waals surface area (Å²) in [5.74, 6) is -0.122. The lowest BCUT2D eigenvalue weighted by atomic mass is 9.92. The van der Waals surface area contributed by atoms with Crippen LogP contribution in [0.5, 0.6) is 0 Å². The molecule has 1 aliphatic carbocycles. The third-order valence-electron chi connectivity index (χ3n) is 6.36. The monoisotopic (exact) mass is 525 g/mol. The number of nitrogens with zero attached hydrogens (tertiary/aromatic N) is 2. The Bertz CT molecular complexity index is 1520. The summed E-state index contributed by atoms with van der Waals surface area (Å²) in [4.78, 5) is 8.94. The molecule has 1 fully saturated rings. The Hall–Kier alpha value is -3.27. The van der Waals surface area contributed by atoms with Gasteiger partial charge in [-0.1, -0.05) is 35.9 Å². The quantitative estimate of drug-likeness (QED) is 0.303. The second-order valence-electron chi connectivity index (χ2n) is 8.95. The molecule has 1 aliphatic rings. The number of nitrogens with one attached hydrogen (secondary N) is 2. The Labute approximate surface area is 214 Å². The second-order valence-corrected chi connectivity index (χ2v) is 11.0. The minimum absolute atomic E-state index is 0.0571. The second kappa shape index (κ2) is 10.0. The van der Waals surface area contributed by atoms with E-state index in [4.69, 9.17) is 17.3 Å². The van der Waals surface area contributed by atoms with E-state index in [0.29, 0.717) is 17.6 Å². The lowest BCUT2D eigenvalue weighted by Crippen LogP contribution is -2.33. The van der Waals surface area contributed by atoms with Gasteiger partial charge >= 0.3 is 0 Å². The predicted molar refractivity (Wildman–Crippen MR) is 141 cm³/mol. The van der Waals surface area contributed by atoms with Crippen molar-refractivity contribution >= 4 is 44.2 Å². The Morgan fingerprint density at radius 2 is 1.69 bits per heavy atom. The van der Waals surface area contributed by atoms with Gasteiger partial charge in [0.1, 0.15) is 10.7 Å². The number of nitrogens with two attached hydrogens (primary N) is 1. The van der Waals surface area contributed by atoms with E-state index in [1.165, 1.54) is 24.3 Å². The fraction of sp³-hybridized carbons (Fsp3) is 0.231. The standard InChI is InChI=1S/C26H25ClFN5O2S/c27-21-3-1-2-4-25(21)36(34,35)33-24-12-6-17(14-22(24)28)16-5-11-23-18(13-16)15-30-26(32-23)31-20-9-7-19(29)8-10-20/h1-6,11-15,19-20,33H,7-10,29H2,(H,30,31,32)/t19-,20-. The van der Waals surface area contributed by atoms with Crippen LogP contribution in [0.4, 0.5) is 16.0 Å². The maximum atomic E-state index is 14.9. The number of benzene rings is 3. The zero-order chi connectivity index (χ0) is 25.3. The van der Waals surface area contributed by atoms with Gasteiger partial charge in [0.25, 0.3) is 10.0 Å².